The van der Waals surface area contributed by atoms with E-state index < -0.39 is 0 Å². The van der Waals surface area contributed by atoms with E-state index in [1.165, 1.54) is 0 Å². The first kappa shape index (κ1) is 15.2. The van der Waals surface area contributed by atoms with Gasteiger partial charge in [0, 0.05) is 30.1 Å². The van der Waals surface area contributed by atoms with Gasteiger partial charge in [0.1, 0.15) is 0 Å². The lowest BCUT2D eigenvalue weighted by atomic mass is 9.75. The van der Waals surface area contributed by atoms with Gasteiger partial charge in [0.15, 0.2) is 0 Å². The van der Waals surface area contributed by atoms with Gasteiger partial charge < -0.3 is 10.2 Å². The summed E-state index contributed by atoms with van der Waals surface area (Å²) in [5, 5.41) is 4.02. The Kier molecular flexibility index (Phi) is 5.18. The molecule has 4 heteroatoms. The molecule has 3 unspecified atom stereocenters. The summed E-state index contributed by atoms with van der Waals surface area (Å²) >= 11 is 2.00. The number of hydrogen-bond donors (Lipinski definition) is 1. The van der Waals surface area contributed by atoms with Crippen molar-refractivity contribution in [1.29, 1.82) is 0 Å². The molecule has 2 aliphatic heterocycles. The Labute approximate surface area is 121 Å². The highest BCUT2D eigenvalue weighted by Crippen LogP contribution is 2.36. The topological polar surface area (TPSA) is 32.3 Å². The highest BCUT2D eigenvalue weighted by molar-refractivity contribution is 8.00. The van der Waals surface area contributed by atoms with Crippen LogP contribution in [0.4, 0.5) is 0 Å². The van der Waals surface area contributed by atoms with Gasteiger partial charge in [0.05, 0.1) is 5.41 Å². The maximum absolute atomic E-state index is 13.1. The molecule has 2 fully saturated rings. The summed E-state index contributed by atoms with van der Waals surface area (Å²) in [6.07, 6.45) is 4.33. The van der Waals surface area contributed by atoms with Gasteiger partial charge in [-0.15, -0.1) is 0 Å². The molecule has 2 aliphatic rings. The predicted octanol–water partition coefficient (Wildman–Crippen LogP) is 2.51. The third-order valence-electron chi connectivity index (χ3n) is 4.80. The first-order valence-corrected chi connectivity index (χ1v) is 8.79. The number of nitrogens with one attached hydrogen (secondary N) is 1. The van der Waals surface area contributed by atoms with Crippen molar-refractivity contribution in [2.45, 2.75) is 57.7 Å². The second-order valence-electron chi connectivity index (χ2n) is 6.13. The molecule has 0 aliphatic carbocycles. The number of amides is 1. The lowest BCUT2D eigenvalue weighted by molar-refractivity contribution is -0.146. The van der Waals surface area contributed by atoms with E-state index in [4.69, 9.17) is 0 Å². The quantitative estimate of drug-likeness (QED) is 0.864. The number of piperidine rings is 1. The van der Waals surface area contributed by atoms with E-state index in [1.807, 2.05) is 11.8 Å². The molecule has 0 aromatic heterocycles. The van der Waals surface area contributed by atoms with Crippen LogP contribution in [0.5, 0.6) is 0 Å². The normalized spacial score (nSPS) is 36.3. The smallest absolute Gasteiger partial charge is 0.230 e. The van der Waals surface area contributed by atoms with E-state index in [-0.39, 0.29) is 5.41 Å². The Bertz CT molecular complexity index is 310. The van der Waals surface area contributed by atoms with Gasteiger partial charge in [-0.2, -0.15) is 11.8 Å². The first-order chi connectivity index (χ1) is 9.10. The average molecular weight is 284 g/mol. The SMILES string of the molecule is CCCC1(C(=O)N2CCSC(C)C2C)CCCNC1. The van der Waals surface area contributed by atoms with Gasteiger partial charge in [0.2, 0.25) is 5.91 Å². The second-order valence-corrected chi connectivity index (χ2v) is 7.61. The van der Waals surface area contributed by atoms with Crippen LogP contribution < -0.4 is 5.32 Å². The number of thioether (sulfide) groups is 1. The van der Waals surface area contributed by atoms with Crippen molar-refractivity contribution in [3.63, 3.8) is 0 Å². The van der Waals surface area contributed by atoms with Crippen molar-refractivity contribution < 1.29 is 4.79 Å². The van der Waals surface area contributed by atoms with Crippen LogP contribution in [0.15, 0.2) is 0 Å². The fraction of sp³-hybridized carbons (Fsp3) is 0.933. The molecule has 3 nitrogen and oxygen atoms in total. The summed E-state index contributed by atoms with van der Waals surface area (Å²) < 4.78 is 0. The molecular weight excluding hydrogens is 256 g/mol. The molecule has 0 saturated carbocycles. The summed E-state index contributed by atoms with van der Waals surface area (Å²) in [5.74, 6) is 1.51. The lowest BCUT2D eigenvalue weighted by Gasteiger charge is -2.45. The van der Waals surface area contributed by atoms with Crippen molar-refractivity contribution in [2.24, 2.45) is 5.41 Å². The molecule has 2 saturated heterocycles. The van der Waals surface area contributed by atoms with Gasteiger partial charge in [-0.25, -0.2) is 0 Å². The molecule has 1 amide bonds. The van der Waals surface area contributed by atoms with E-state index >= 15 is 0 Å². The minimum atomic E-state index is -0.122. The summed E-state index contributed by atoms with van der Waals surface area (Å²) in [7, 11) is 0. The fourth-order valence-electron chi connectivity index (χ4n) is 3.47. The van der Waals surface area contributed by atoms with E-state index in [9.17, 15) is 4.79 Å². The molecule has 2 heterocycles. The Morgan fingerprint density at radius 1 is 1.47 bits per heavy atom. The molecule has 2 rings (SSSR count). The Morgan fingerprint density at radius 2 is 2.26 bits per heavy atom. The first-order valence-electron chi connectivity index (χ1n) is 7.74. The molecule has 0 spiro atoms. The monoisotopic (exact) mass is 284 g/mol. The van der Waals surface area contributed by atoms with Crippen LogP contribution in [-0.2, 0) is 4.79 Å². The van der Waals surface area contributed by atoms with Crippen molar-refractivity contribution in [2.75, 3.05) is 25.4 Å². The molecule has 110 valence electrons. The molecule has 0 radical (unpaired) electrons. The van der Waals surface area contributed by atoms with Gasteiger partial charge in [-0.3, -0.25) is 4.79 Å². The Hall–Kier alpha value is -0.220. The fourth-order valence-corrected chi connectivity index (χ4v) is 4.57. The number of carbonyl (C=O) groups excluding carboxylic acids is 1. The number of hydrogen-bond acceptors (Lipinski definition) is 3. The van der Waals surface area contributed by atoms with Crippen LogP contribution in [0, 0.1) is 5.41 Å². The highest BCUT2D eigenvalue weighted by Gasteiger charge is 2.43. The minimum absolute atomic E-state index is 0.122. The van der Waals surface area contributed by atoms with Gasteiger partial charge in [-0.05, 0) is 32.7 Å². The molecule has 3 atom stereocenters. The molecule has 0 aromatic carbocycles. The third-order valence-corrected chi connectivity index (χ3v) is 6.14. The maximum Gasteiger partial charge on any atom is 0.230 e. The van der Waals surface area contributed by atoms with Gasteiger partial charge in [0.25, 0.3) is 0 Å². The van der Waals surface area contributed by atoms with Crippen LogP contribution in [0.25, 0.3) is 0 Å². The maximum atomic E-state index is 13.1. The van der Waals surface area contributed by atoms with Gasteiger partial charge in [-0.1, -0.05) is 20.3 Å². The van der Waals surface area contributed by atoms with Crippen molar-refractivity contribution >= 4 is 17.7 Å². The zero-order valence-corrected chi connectivity index (χ0v) is 13.4. The summed E-state index contributed by atoms with van der Waals surface area (Å²) in [4.78, 5) is 15.3. The van der Waals surface area contributed by atoms with Gasteiger partial charge >= 0.3 is 0 Å². The molecule has 1 N–H and O–H groups in total. The number of nitrogens with zero attached hydrogens (tertiary/aromatic N) is 1. The van der Waals surface area contributed by atoms with Crippen LogP contribution in [-0.4, -0.2) is 47.5 Å². The Balaban J connectivity index is 2.14. The van der Waals surface area contributed by atoms with Crippen molar-refractivity contribution in [3.05, 3.63) is 0 Å². The molecule has 0 bridgehead atoms. The highest BCUT2D eigenvalue weighted by atomic mass is 32.2. The summed E-state index contributed by atoms with van der Waals surface area (Å²) in [6, 6.07) is 0.377. The van der Waals surface area contributed by atoms with Crippen molar-refractivity contribution in [1.82, 2.24) is 10.2 Å². The summed E-state index contributed by atoms with van der Waals surface area (Å²) in [6.45, 7) is 9.54. The second kappa shape index (κ2) is 6.49. The zero-order chi connectivity index (χ0) is 13.9. The van der Waals surface area contributed by atoms with E-state index in [0.717, 1.165) is 51.1 Å². The van der Waals surface area contributed by atoms with E-state index in [0.29, 0.717) is 17.2 Å². The third kappa shape index (κ3) is 3.10. The zero-order valence-electron chi connectivity index (χ0n) is 12.6. The molecule has 0 aromatic rings. The molecular formula is C15H28N2OS. The van der Waals surface area contributed by atoms with E-state index in [1.54, 1.807) is 0 Å². The minimum Gasteiger partial charge on any atom is -0.338 e. The Morgan fingerprint density at radius 3 is 2.89 bits per heavy atom. The van der Waals surface area contributed by atoms with Crippen LogP contribution in [0.3, 0.4) is 0 Å². The number of carbonyl (C=O) groups is 1. The van der Waals surface area contributed by atoms with Crippen LogP contribution >= 0.6 is 11.8 Å². The average Bonchev–Trinajstić information content (AvgIpc) is 2.42. The standard InChI is InChI=1S/C15H28N2OS/c1-4-6-15(7-5-8-16-11-15)14(18)17-9-10-19-13(3)12(17)2/h12-13,16H,4-11H2,1-3H3. The van der Waals surface area contributed by atoms with E-state index in [2.05, 4.69) is 31.0 Å². The molecule has 19 heavy (non-hydrogen) atoms. The van der Waals surface area contributed by atoms with Crippen LogP contribution in [0.1, 0.15) is 46.5 Å². The summed E-state index contributed by atoms with van der Waals surface area (Å²) in [5.41, 5.74) is -0.122. The van der Waals surface area contributed by atoms with Crippen LogP contribution in [0.2, 0.25) is 0 Å². The van der Waals surface area contributed by atoms with Crippen molar-refractivity contribution in [3.8, 4) is 0 Å². The predicted molar refractivity (Wildman–Crippen MR) is 82.5 cm³/mol. The largest absolute Gasteiger partial charge is 0.338 e. The number of rotatable bonds is 3. The lowest BCUT2D eigenvalue weighted by Crippen LogP contribution is -2.57.